The Morgan fingerprint density at radius 1 is 1.75 bits per heavy atom. The van der Waals surface area contributed by atoms with E-state index >= 15 is 0 Å². The monoisotopic (exact) mass is 152 g/mol. The van der Waals surface area contributed by atoms with E-state index in [-0.39, 0.29) is 0 Å². The summed E-state index contributed by atoms with van der Waals surface area (Å²) in [5, 5.41) is 0.745. The van der Waals surface area contributed by atoms with Crippen molar-refractivity contribution in [3.05, 3.63) is 10.6 Å². The highest BCUT2D eigenvalue weighted by molar-refractivity contribution is 6.36. The van der Waals surface area contributed by atoms with Gasteiger partial charge in [-0.3, -0.25) is 0 Å². The maximum Gasteiger partial charge on any atom is 0.0321 e. The third-order valence-corrected chi connectivity index (χ3v) is 2.02. The molecular formula is C6H10Cl2. The molecule has 0 amide bonds. The average Bonchev–Trinajstić information content (AvgIpc) is 1.84. The normalized spacial score (nSPS) is 16.2. The molecule has 8 heavy (non-hydrogen) atoms. The standard InChI is InChI=1S/C6H10Cl2/c1-3-5(2)6(8)4-7/h4-5H,3H2,1-2H3/b6-4-. The lowest BCUT2D eigenvalue weighted by Crippen LogP contribution is -1.88. The molecule has 1 atom stereocenters. The predicted molar refractivity (Wildman–Crippen MR) is 39.2 cm³/mol. The first-order chi connectivity index (χ1) is 3.72. The number of halogens is 2. The van der Waals surface area contributed by atoms with Crippen LogP contribution in [-0.4, -0.2) is 0 Å². The SMILES string of the molecule is CCC(C)/C(Cl)=C/Cl. The lowest BCUT2D eigenvalue weighted by molar-refractivity contribution is 0.686. The van der Waals surface area contributed by atoms with E-state index in [0.717, 1.165) is 11.5 Å². The third kappa shape index (κ3) is 2.58. The first-order valence-corrected chi connectivity index (χ1v) is 3.49. The molecule has 0 aliphatic heterocycles. The summed E-state index contributed by atoms with van der Waals surface area (Å²) in [5.74, 6) is 0.411. The molecule has 0 aromatic rings. The van der Waals surface area contributed by atoms with Gasteiger partial charge in [0, 0.05) is 10.6 Å². The molecule has 0 aromatic carbocycles. The van der Waals surface area contributed by atoms with Gasteiger partial charge in [-0.05, 0) is 12.3 Å². The van der Waals surface area contributed by atoms with Crippen molar-refractivity contribution >= 4 is 23.2 Å². The molecule has 0 spiro atoms. The molecule has 0 bridgehead atoms. The number of rotatable bonds is 2. The van der Waals surface area contributed by atoms with Crippen molar-refractivity contribution in [2.45, 2.75) is 20.3 Å². The van der Waals surface area contributed by atoms with E-state index in [2.05, 4.69) is 6.92 Å². The molecule has 0 heterocycles. The van der Waals surface area contributed by atoms with Gasteiger partial charge in [0.25, 0.3) is 0 Å². The van der Waals surface area contributed by atoms with Crippen LogP contribution in [-0.2, 0) is 0 Å². The largest absolute Gasteiger partial charge is 0.0917 e. The summed E-state index contributed by atoms with van der Waals surface area (Å²) >= 11 is 11.0. The molecule has 0 saturated heterocycles. The fourth-order valence-corrected chi connectivity index (χ4v) is 0.672. The van der Waals surface area contributed by atoms with E-state index in [0.29, 0.717) is 5.92 Å². The molecule has 0 aliphatic rings. The summed E-state index contributed by atoms with van der Waals surface area (Å²) in [6, 6.07) is 0. The second kappa shape index (κ2) is 4.22. The summed E-state index contributed by atoms with van der Waals surface area (Å²) < 4.78 is 0. The van der Waals surface area contributed by atoms with E-state index < -0.39 is 0 Å². The summed E-state index contributed by atoms with van der Waals surface area (Å²) in [6.07, 6.45) is 1.04. The third-order valence-electron chi connectivity index (χ3n) is 1.19. The highest BCUT2D eigenvalue weighted by Crippen LogP contribution is 2.18. The molecule has 0 aliphatic carbocycles. The Balaban J connectivity index is 3.63. The Kier molecular flexibility index (Phi) is 4.39. The molecule has 1 unspecified atom stereocenters. The average molecular weight is 153 g/mol. The Labute approximate surface area is 60.5 Å². The molecule has 0 N–H and O–H groups in total. The molecule has 2 heteroatoms. The van der Waals surface area contributed by atoms with Gasteiger partial charge >= 0.3 is 0 Å². The second-order valence-corrected chi connectivity index (χ2v) is 2.46. The van der Waals surface area contributed by atoms with Crippen molar-refractivity contribution in [3.8, 4) is 0 Å². The Morgan fingerprint density at radius 2 is 2.25 bits per heavy atom. The maximum atomic E-state index is 5.65. The summed E-state index contributed by atoms with van der Waals surface area (Å²) in [4.78, 5) is 0. The first-order valence-electron chi connectivity index (χ1n) is 2.68. The molecule has 48 valence electrons. The summed E-state index contributed by atoms with van der Waals surface area (Å²) in [5.41, 5.74) is 1.43. The van der Waals surface area contributed by atoms with Crippen LogP contribution in [0, 0.1) is 5.92 Å². The predicted octanol–water partition coefficient (Wildman–Crippen LogP) is 3.35. The fourth-order valence-electron chi connectivity index (χ4n) is 0.303. The molecule has 0 aromatic heterocycles. The van der Waals surface area contributed by atoms with E-state index in [4.69, 9.17) is 23.2 Å². The van der Waals surface area contributed by atoms with Crippen LogP contribution in [0.1, 0.15) is 20.3 Å². The van der Waals surface area contributed by atoms with Gasteiger partial charge in [0.15, 0.2) is 0 Å². The number of hydrogen-bond donors (Lipinski definition) is 0. The highest BCUT2D eigenvalue weighted by atomic mass is 35.5. The van der Waals surface area contributed by atoms with E-state index in [1.54, 1.807) is 0 Å². The fraction of sp³-hybridized carbons (Fsp3) is 0.667. The second-order valence-electron chi connectivity index (χ2n) is 1.80. The van der Waals surface area contributed by atoms with Crippen LogP contribution in [0.3, 0.4) is 0 Å². The van der Waals surface area contributed by atoms with Gasteiger partial charge in [-0.1, -0.05) is 37.0 Å². The van der Waals surface area contributed by atoms with E-state index in [1.807, 2.05) is 6.92 Å². The van der Waals surface area contributed by atoms with Gasteiger partial charge in [0.1, 0.15) is 0 Å². The van der Waals surface area contributed by atoms with Crippen molar-refractivity contribution in [1.29, 1.82) is 0 Å². The zero-order valence-corrected chi connectivity index (χ0v) is 6.63. The van der Waals surface area contributed by atoms with Crippen molar-refractivity contribution in [2.24, 2.45) is 5.92 Å². The molecule has 0 saturated carbocycles. The lowest BCUT2D eigenvalue weighted by Gasteiger charge is -2.02. The Morgan fingerprint density at radius 3 is 2.38 bits per heavy atom. The highest BCUT2D eigenvalue weighted by Gasteiger charge is 2.00. The molecule has 0 fully saturated rings. The molecular weight excluding hydrogens is 143 g/mol. The minimum absolute atomic E-state index is 0.411. The minimum atomic E-state index is 0.411. The first kappa shape index (κ1) is 8.32. The quantitative estimate of drug-likeness (QED) is 0.570. The van der Waals surface area contributed by atoms with Crippen LogP contribution < -0.4 is 0 Å². The van der Waals surface area contributed by atoms with Gasteiger partial charge in [-0.15, -0.1) is 0 Å². The van der Waals surface area contributed by atoms with Crippen LogP contribution in [0.4, 0.5) is 0 Å². The van der Waals surface area contributed by atoms with Crippen molar-refractivity contribution < 1.29 is 0 Å². The smallest absolute Gasteiger partial charge is 0.0321 e. The van der Waals surface area contributed by atoms with Crippen LogP contribution in [0.5, 0.6) is 0 Å². The van der Waals surface area contributed by atoms with Gasteiger partial charge in [0.2, 0.25) is 0 Å². The molecule has 0 radical (unpaired) electrons. The topological polar surface area (TPSA) is 0 Å². The van der Waals surface area contributed by atoms with Gasteiger partial charge in [0.05, 0.1) is 0 Å². The molecule has 0 nitrogen and oxygen atoms in total. The summed E-state index contributed by atoms with van der Waals surface area (Å²) in [6.45, 7) is 4.12. The Hall–Kier alpha value is 0.320. The van der Waals surface area contributed by atoms with E-state index in [1.165, 1.54) is 5.54 Å². The van der Waals surface area contributed by atoms with Crippen LogP contribution >= 0.6 is 23.2 Å². The van der Waals surface area contributed by atoms with Gasteiger partial charge < -0.3 is 0 Å². The Bertz CT molecular complexity index is 86.5. The minimum Gasteiger partial charge on any atom is -0.0917 e. The maximum absolute atomic E-state index is 5.65. The molecule has 0 rings (SSSR count). The lowest BCUT2D eigenvalue weighted by atomic mass is 10.1. The van der Waals surface area contributed by atoms with E-state index in [9.17, 15) is 0 Å². The summed E-state index contributed by atoms with van der Waals surface area (Å²) in [7, 11) is 0. The van der Waals surface area contributed by atoms with Crippen molar-refractivity contribution in [1.82, 2.24) is 0 Å². The van der Waals surface area contributed by atoms with Gasteiger partial charge in [-0.2, -0.15) is 0 Å². The van der Waals surface area contributed by atoms with Crippen LogP contribution in [0.15, 0.2) is 10.6 Å². The van der Waals surface area contributed by atoms with Crippen molar-refractivity contribution in [3.63, 3.8) is 0 Å². The van der Waals surface area contributed by atoms with Crippen LogP contribution in [0.25, 0.3) is 0 Å². The zero-order chi connectivity index (χ0) is 6.57. The van der Waals surface area contributed by atoms with Gasteiger partial charge in [-0.25, -0.2) is 0 Å². The van der Waals surface area contributed by atoms with Crippen LogP contribution in [0.2, 0.25) is 0 Å². The van der Waals surface area contributed by atoms with Crippen molar-refractivity contribution in [2.75, 3.05) is 0 Å². The zero-order valence-electron chi connectivity index (χ0n) is 5.12. The number of allylic oxidation sites excluding steroid dienone is 1. The number of hydrogen-bond acceptors (Lipinski definition) is 0.